The van der Waals surface area contributed by atoms with E-state index in [0.717, 1.165) is 16.7 Å². The van der Waals surface area contributed by atoms with Crippen LogP contribution < -0.4 is 22.1 Å². The van der Waals surface area contributed by atoms with Crippen molar-refractivity contribution in [2.75, 3.05) is 5.73 Å². The highest BCUT2D eigenvalue weighted by atomic mass is 35.5. The van der Waals surface area contributed by atoms with Gasteiger partial charge in [0.25, 0.3) is 0 Å². The van der Waals surface area contributed by atoms with Gasteiger partial charge < -0.3 is 22.1 Å². The van der Waals surface area contributed by atoms with Crippen molar-refractivity contribution >= 4 is 52.4 Å². The van der Waals surface area contributed by atoms with Crippen LogP contribution in [0.3, 0.4) is 0 Å². The molecule has 0 aliphatic carbocycles. The van der Waals surface area contributed by atoms with Gasteiger partial charge in [0.05, 0.1) is 16.1 Å². The second kappa shape index (κ2) is 12.2. The summed E-state index contributed by atoms with van der Waals surface area (Å²) in [4.78, 5) is 30.2. The average Bonchev–Trinajstić information content (AvgIpc) is 2.81. The molecule has 1 unspecified atom stereocenters. The number of hydrogen-bond acceptors (Lipinski definition) is 5. The van der Waals surface area contributed by atoms with Crippen molar-refractivity contribution < 1.29 is 9.59 Å². The first kappa shape index (κ1) is 26.8. The van der Waals surface area contributed by atoms with E-state index in [1.165, 1.54) is 0 Å². The van der Waals surface area contributed by atoms with Crippen molar-refractivity contribution in [3.05, 3.63) is 92.0 Å². The number of anilines is 1. The Morgan fingerprint density at radius 1 is 0.914 bits per heavy atom. The Morgan fingerprint density at radius 2 is 1.60 bits per heavy atom. The second-order valence-electron chi connectivity index (χ2n) is 8.15. The maximum Gasteiger partial charge on any atom is 0.243 e. The summed E-state index contributed by atoms with van der Waals surface area (Å²) in [5.41, 5.74) is 14.9. The molecule has 0 spiro atoms. The molecular formula is C25H26Cl3N5O2. The third kappa shape index (κ3) is 7.83. The number of aromatic nitrogens is 1. The molecule has 0 saturated heterocycles. The summed E-state index contributed by atoms with van der Waals surface area (Å²) in [5, 5.41) is 6.99. The fourth-order valence-electron chi connectivity index (χ4n) is 3.46. The molecule has 2 aromatic carbocycles. The largest absolute Gasteiger partial charge is 0.384 e. The van der Waals surface area contributed by atoms with Gasteiger partial charge in [-0.25, -0.2) is 4.98 Å². The van der Waals surface area contributed by atoms with Crippen LogP contribution in [0.15, 0.2) is 54.6 Å². The number of hydrogen-bond donors (Lipinski definition) is 4. The number of nitrogens with one attached hydrogen (secondary N) is 2. The van der Waals surface area contributed by atoms with Gasteiger partial charge in [0.2, 0.25) is 11.8 Å². The van der Waals surface area contributed by atoms with Crippen molar-refractivity contribution in [3.8, 4) is 0 Å². The molecular weight excluding hydrogens is 509 g/mol. The monoisotopic (exact) mass is 533 g/mol. The minimum Gasteiger partial charge on any atom is -0.384 e. The number of pyridine rings is 1. The lowest BCUT2D eigenvalue weighted by Gasteiger charge is -2.21. The first-order chi connectivity index (χ1) is 16.6. The summed E-state index contributed by atoms with van der Waals surface area (Å²) in [6.07, 6.45) is 0.488. The van der Waals surface area contributed by atoms with E-state index in [0.29, 0.717) is 33.0 Å². The Hall–Kier alpha value is -2.84. The van der Waals surface area contributed by atoms with E-state index < -0.39 is 18.0 Å². The van der Waals surface area contributed by atoms with Gasteiger partial charge in [-0.1, -0.05) is 59.1 Å². The van der Waals surface area contributed by atoms with E-state index >= 15 is 0 Å². The van der Waals surface area contributed by atoms with Crippen molar-refractivity contribution in [2.45, 2.75) is 38.4 Å². The molecule has 6 N–H and O–H groups in total. The smallest absolute Gasteiger partial charge is 0.243 e. The van der Waals surface area contributed by atoms with Gasteiger partial charge in [-0.3, -0.25) is 9.59 Å². The van der Waals surface area contributed by atoms with Gasteiger partial charge in [0.1, 0.15) is 11.9 Å². The Labute approximate surface area is 219 Å². The molecule has 10 heteroatoms. The summed E-state index contributed by atoms with van der Waals surface area (Å²) >= 11 is 18.1. The third-order valence-electron chi connectivity index (χ3n) is 5.43. The van der Waals surface area contributed by atoms with Crippen LogP contribution in [0.25, 0.3) is 0 Å². The molecule has 1 heterocycles. The number of carbonyl (C=O) groups is 2. The summed E-state index contributed by atoms with van der Waals surface area (Å²) in [6, 6.07) is 13.8. The average molecular weight is 535 g/mol. The van der Waals surface area contributed by atoms with E-state index in [1.807, 2.05) is 6.92 Å². The SMILES string of the molecule is Cc1nc(N)ccc1CNC(=O)[C@H](Cc1ccc(Cl)c(Cl)c1)NC(=O)C(N)Cc1ccc(Cl)cc1. The zero-order valence-corrected chi connectivity index (χ0v) is 21.3. The van der Waals surface area contributed by atoms with Crippen LogP contribution in [0, 0.1) is 6.92 Å². The number of rotatable bonds is 9. The predicted molar refractivity (Wildman–Crippen MR) is 140 cm³/mol. The highest BCUT2D eigenvalue weighted by molar-refractivity contribution is 6.42. The number of benzene rings is 2. The molecule has 2 atom stereocenters. The lowest BCUT2D eigenvalue weighted by atomic mass is 10.0. The maximum atomic E-state index is 13.1. The van der Waals surface area contributed by atoms with Gasteiger partial charge in [-0.2, -0.15) is 0 Å². The van der Waals surface area contributed by atoms with Crippen LogP contribution in [-0.2, 0) is 29.0 Å². The van der Waals surface area contributed by atoms with Crippen LogP contribution in [-0.4, -0.2) is 28.9 Å². The van der Waals surface area contributed by atoms with Crippen LogP contribution in [0.4, 0.5) is 5.82 Å². The number of carbonyl (C=O) groups excluding carboxylic acids is 2. The highest BCUT2D eigenvalue weighted by Crippen LogP contribution is 2.23. The molecule has 3 aromatic rings. The lowest BCUT2D eigenvalue weighted by molar-refractivity contribution is -0.129. The molecule has 0 fully saturated rings. The number of halogens is 3. The minimum absolute atomic E-state index is 0.196. The molecule has 1 aromatic heterocycles. The summed E-state index contributed by atoms with van der Waals surface area (Å²) in [5.74, 6) is -0.429. The van der Waals surface area contributed by atoms with Crippen LogP contribution >= 0.6 is 34.8 Å². The quantitative estimate of drug-likeness (QED) is 0.332. The molecule has 0 bridgehead atoms. The van der Waals surface area contributed by atoms with Crippen LogP contribution in [0.5, 0.6) is 0 Å². The fourth-order valence-corrected chi connectivity index (χ4v) is 3.91. The van der Waals surface area contributed by atoms with Crippen molar-refractivity contribution in [1.82, 2.24) is 15.6 Å². The fraction of sp³-hybridized carbons (Fsp3) is 0.240. The second-order valence-corrected chi connectivity index (χ2v) is 9.40. The lowest BCUT2D eigenvalue weighted by Crippen LogP contribution is -2.53. The van der Waals surface area contributed by atoms with Crippen LogP contribution in [0.2, 0.25) is 15.1 Å². The molecule has 184 valence electrons. The number of nitrogens with two attached hydrogens (primary N) is 2. The summed E-state index contributed by atoms with van der Waals surface area (Å²) in [6.45, 7) is 2.03. The summed E-state index contributed by atoms with van der Waals surface area (Å²) < 4.78 is 0. The summed E-state index contributed by atoms with van der Waals surface area (Å²) in [7, 11) is 0. The molecule has 0 aliphatic heterocycles. The number of amides is 2. The van der Waals surface area contributed by atoms with Gasteiger partial charge in [-0.15, -0.1) is 0 Å². The van der Waals surface area contributed by atoms with E-state index in [4.69, 9.17) is 46.3 Å². The highest BCUT2D eigenvalue weighted by Gasteiger charge is 2.25. The normalized spacial score (nSPS) is 12.6. The molecule has 0 radical (unpaired) electrons. The van der Waals surface area contributed by atoms with E-state index in [2.05, 4.69) is 15.6 Å². The van der Waals surface area contributed by atoms with Gasteiger partial charge >= 0.3 is 0 Å². The molecule has 2 amide bonds. The van der Waals surface area contributed by atoms with Crippen molar-refractivity contribution in [2.24, 2.45) is 5.73 Å². The topological polar surface area (TPSA) is 123 Å². The maximum absolute atomic E-state index is 13.1. The van der Waals surface area contributed by atoms with Gasteiger partial charge in [-0.05, 0) is 60.4 Å². The zero-order valence-electron chi connectivity index (χ0n) is 19.0. The molecule has 0 aliphatic rings. The molecule has 0 saturated carbocycles. The first-order valence-electron chi connectivity index (χ1n) is 10.9. The molecule has 3 rings (SSSR count). The number of nitrogen functional groups attached to an aromatic ring is 1. The van der Waals surface area contributed by atoms with Gasteiger partial charge in [0, 0.05) is 23.7 Å². The van der Waals surface area contributed by atoms with Crippen molar-refractivity contribution in [1.29, 1.82) is 0 Å². The zero-order chi connectivity index (χ0) is 25.5. The molecule has 7 nitrogen and oxygen atoms in total. The Bertz CT molecular complexity index is 1200. The first-order valence-corrected chi connectivity index (χ1v) is 12.0. The van der Waals surface area contributed by atoms with E-state index in [9.17, 15) is 9.59 Å². The number of nitrogens with zero attached hydrogens (tertiary/aromatic N) is 1. The van der Waals surface area contributed by atoms with Crippen LogP contribution in [0.1, 0.15) is 22.4 Å². The van der Waals surface area contributed by atoms with E-state index in [-0.39, 0.29) is 18.9 Å². The molecule has 35 heavy (non-hydrogen) atoms. The van der Waals surface area contributed by atoms with Gasteiger partial charge in [0.15, 0.2) is 0 Å². The standard InChI is InChI=1S/C25H26Cl3N5O2/c1-14-17(5-9-23(30)32-14)13-31-25(35)22(12-16-4-8-19(27)20(28)10-16)33-24(34)21(29)11-15-2-6-18(26)7-3-15/h2-10,21-22H,11-13,29H2,1H3,(H2,30,32)(H,31,35)(H,33,34)/t21?,22-/m0/s1. The Kier molecular flexibility index (Phi) is 9.34. The minimum atomic E-state index is -0.891. The Morgan fingerprint density at radius 3 is 2.26 bits per heavy atom. The number of aryl methyl sites for hydroxylation is 1. The van der Waals surface area contributed by atoms with E-state index in [1.54, 1.807) is 54.6 Å². The Balaban J connectivity index is 1.72. The van der Waals surface area contributed by atoms with Crippen molar-refractivity contribution in [3.63, 3.8) is 0 Å². The third-order valence-corrected chi connectivity index (χ3v) is 6.42. The predicted octanol–water partition coefficient (Wildman–Crippen LogP) is 3.85.